The largest absolute Gasteiger partial charge is 0.502 e. The van der Waals surface area contributed by atoms with Crippen LogP contribution in [0.25, 0.3) is 6.08 Å². The van der Waals surface area contributed by atoms with E-state index in [2.05, 4.69) is 0 Å². The van der Waals surface area contributed by atoms with E-state index in [4.69, 9.17) is 19.7 Å². The molecule has 1 rings (SSSR count). The number of benzene rings is 1. The molecule has 0 aliphatic carbocycles. The topological polar surface area (TPSA) is 130 Å². The molecule has 3 N–H and O–H groups in total. The fraction of sp³-hybridized carbons (Fsp3) is 0.133. The molecule has 0 bridgehead atoms. The van der Waals surface area contributed by atoms with E-state index in [1.807, 2.05) is 0 Å². The number of ketones is 1. The Morgan fingerprint density at radius 2 is 1.57 bits per heavy atom. The number of hydrogen-bond donors (Lipinski definition) is 3. The van der Waals surface area contributed by atoms with Crippen LogP contribution in [0, 0.1) is 0 Å². The van der Waals surface area contributed by atoms with Gasteiger partial charge in [0, 0.05) is 6.08 Å². The maximum absolute atomic E-state index is 11.8. The first-order chi connectivity index (χ1) is 10.8. The van der Waals surface area contributed by atoms with E-state index in [0.29, 0.717) is 11.6 Å². The van der Waals surface area contributed by atoms with Crippen molar-refractivity contribution >= 4 is 23.8 Å². The lowest BCUT2D eigenvalue weighted by Gasteiger charge is -2.09. The maximum Gasteiger partial charge on any atom is 0.339 e. The summed E-state index contributed by atoms with van der Waals surface area (Å²) in [5.74, 6) is -4.23. The van der Waals surface area contributed by atoms with Gasteiger partial charge in [0.15, 0.2) is 17.3 Å². The molecule has 0 heterocycles. The van der Waals surface area contributed by atoms with Crippen LogP contribution in [-0.4, -0.2) is 47.3 Å². The third kappa shape index (κ3) is 4.60. The van der Waals surface area contributed by atoms with Crippen LogP contribution in [0.1, 0.15) is 5.56 Å². The van der Waals surface area contributed by atoms with Crippen molar-refractivity contribution in [3.05, 3.63) is 35.4 Å². The third-order valence-corrected chi connectivity index (χ3v) is 2.69. The van der Waals surface area contributed by atoms with E-state index < -0.39 is 23.3 Å². The molecule has 0 saturated carbocycles. The molecule has 0 saturated heterocycles. The summed E-state index contributed by atoms with van der Waals surface area (Å²) in [5.41, 5.74) is -0.503. The lowest BCUT2D eigenvalue weighted by Crippen LogP contribution is -2.12. The van der Waals surface area contributed by atoms with Gasteiger partial charge < -0.3 is 24.8 Å². The van der Waals surface area contributed by atoms with Crippen LogP contribution in [0.2, 0.25) is 0 Å². The van der Waals surface area contributed by atoms with Crippen LogP contribution in [0.15, 0.2) is 29.9 Å². The van der Waals surface area contributed by atoms with E-state index in [1.165, 1.54) is 32.4 Å². The van der Waals surface area contributed by atoms with Gasteiger partial charge in [0.1, 0.15) is 5.57 Å². The van der Waals surface area contributed by atoms with Crippen molar-refractivity contribution in [1.29, 1.82) is 0 Å². The van der Waals surface area contributed by atoms with Crippen LogP contribution in [0.3, 0.4) is 0 Å². The Bertz CT molecular complexity index is 674. The summed E-state index contributed by atoms with van der Waals surface area (Å²) in [6.07, 6.45) is 2.45. The quantitative estimate of drug-likeness (QED) is 0.386. The predicted octanol–water partition coefficient (Wildman–Crippen LogP) is 1.09. The molecule has 23 heavy (non-hydrogen) atoms. The highest BCUT2D eigenvalue weighted by molar-refractivity contribution is 6.24. The number of carbonyl (C=O) groups is 3. The number of aromatic hydroxyl groups is 1. The predicted molar refractivity (Wildman–Crippen MR) is 78.6 cm³/mol. The maximum atomic E-state index is 11.8. The van der Waals surface area contributed by atoms with E-state index >= 15 is 0 Å². The molecule has 0 atom stereocenters. The van der Waals surface area contributed by atoms with Gasteiger partial charge in [-0.25, -0.2) is 9.59 Å². The number of carboxylic acid groups (broad SMARTS) is 2. The third-order valence-electron chi connectivity index (χ3n) is 2.69. The Morgan fingerprint density at radius 1 is 1.04 bits per heavy atom. The van der Waals surface area contributed by atoms with Gasteiger partial charge in [-0.3, -0.25) is 4.79 Å². The zero-order valence-electron chi connectivity index (χ0n) is 12.3. The number of carboxylic acids is 2. The fourth-order valence-electron chi connectivity index (χ4n) is 1.63. The first kappa shape index (κ1) is 17.8. The standard InChI is InChI=1S/C15H14O8/c1-22-11-5-8(6-12(23-2)14(11)19)3-4-10(16)9(15(20)21)7-13(17)18/h3-7,19H,1-2H3,(H,17,18)(H,20,21)/b4-3+,9-7-. The zero-order chi connectivity index (χ0) is 17.6. The Morgan fingerprint density at radius 3 is 1.96 bits per heavy atom. The minimum atomic E-state index is -1.65. The molecule has 0 aliphatic heterocycles. The summed E-state index contributed by atoms with van der Waals surface area (Å²) < 4.78 is 9.88. The van der Waals surface area contributed by atoms with Gasteiger partial charge in [-0.1, -0.05) is 6.08 Å². The number of ether oxygens (including phenoxy) is 2. The first-order valence-electron chi connectivity index (χ1n) is 6.15. The van der Waals surface area contributed by atoms with Crippen molar-refractivity contribution in [2.24, 2.45) is 0 Å². The molecule has 122 valence electrons. The number of rotatable bonds is 7. The smallest absolute Gasteiger partial charge is 0.339 e. The number of allylic oxidation sites excluding steroid dienone is 1. The second kappa shape index (κ2) is 7.64. The SMILES string of the molecule is COc1cc(/C=C/C(=O)/C(=C/C(=O)O)C(=O)O)cc(OC)c1O. The van der Waals surface area contributed by atoms with Crippen molar-refractivity contribution in [2.45, 2.75) is 0 Å². The molecule has 0 radical (unpaired) electrons. The number of phenols is 1. The fourth-order valence-corrected chi connectivity index (χ4v) is 1.63. The summed E-state index contributed by atoms with van der Waals surface area (Å²) >= 11 is 0. The molecule has 0 spiro atoms. The van der Waals surface area contributed by atoms with Gasteiger partial charge in [0.25, 0.3) is 0 Å². The first-order valence-corrected chi connectivity index (χ1v) is 6.15. The number of hydrogen-bond acceptors (Lipinski definition) is 6. The lowest BCUT2D eigenvalue weighted by molar-refractivity contribution is -0.136. The number of carbonyl (C=O) groups excluding carboxylic acids is 1. The van der Waals surface area contributed by atoms with Gasteiger partial charge in [0.05, 0.1) is 14.2 Å². The average Bonchev–Trinajstić information content (AvgIpc) is 2.50. The molecule has 0 unspecified atom stereocenters. The molecule has 0 fully saturated rings. The molecule has 0 aromatic heterocycles. The summed E-state index contributed by atoms with van der Waals surface area (Å²) in [4.78, 5) is 33.2. The van der Waals surface area contributed by atoms with Crippen LogP contribution in [0.4, 0.5) is 0 Å². The summed E-state index contributed by atoms with van der Waals surface area (Å²) in [5, 5.41) is 27.1. The van der Waals surface area contributed by atoms with E-state index in [9.17, 15) is 19.5 Å². The Balaban J connectivity index is 3.16. The summed E-state index contributed by atoms with van der Waals surface area (Å²) in [7, 11) is 2.65. The van der Waals surface area contributed by atoms with Crippen molar-refractivity contribution in [3.8, 4) is 17.2 Å². The van der Waals surface area contributed by atoms with E-state index in [0.717, 1.165) is 6.08 Å². The average molecular weight is 322 g/mol. The molecule has 0 amide bonds. The molecular weight excluding hydrogens is 308 g/mol. The monoisotopic (exact) mass is 322 g/mol. The van der Waals surface area contributed by atoms with Crippen LogP contribution in [-0.2, 0) is 14.4 Å². The highest BCUT2D eigenvalue weighted by Gasteiger charge is 2.16. The number of phenolic OH excluding ortho intramolecular Hbond substituents is 1. The second-order valence-electron chi connectivity index (χ2n) is 4.17. The number of aliphatic carboxylic acids is 2. The van der Waals surface area contributed by atoms with Gasteiger partial charge >= 0.3 is 11.9 Å². The lowest BCUT2D eigenvalue weighted by atomic mass is 10.1. The van der Waals surface area contributed by atoms with Crippen molar-refractivity contribution in [2.75, 3.05) is 14.2 Å². The van der Waals surface area contributed by atoms with Crippen molar-refractivity contribution in [1.82, 2.24) is 0 Å². The van der Waals surface area contributed by atoms with Crippen LogP contribution in [0.5, 0.6) is 17.2 Å². The van der Waals surface area contributed by atoms with Gasteiger partial charge in [0.2, 0.25) is 5.75 Å². The Hall–Kier alpha value is -3.29. The van der Waals surface area contributed by atoms with Gasteiger partial charge in [-0.05, 0) is 23.8 Å². The molecule has 0 aliphatic rings. The minimum Gasteiger partial charge on any atom is -0.502 e. The Kier molecular flexibility index (Phi) is 5.90. The summed E-state index contributed by atoms with van der Waals surface area (Å²) in [6, 6.07) is 2.78. The number of methoxy groups -OCH3 is 2. The van der Waals surface area contributed by atoms with Gasteiger partial charge in [-0.15, -0.1) is 0 Å². The highest BCUT2D eigenvalue weighted by atomic mass is 16.5. The van der Waals surface area contributed by atoms with Crippen molar-refractivity contribution < 1.29 is 39.2 Å². The van der Waals surface area contributed by atoms with E-state index in [-0.39, 0.29) is 17.2 Å². The molecule has 8 heteroatoms. The second-order valence-corrected chi connectivity index (χ2v) is 4.17. The zero-order valence-corrected chi connectivity index (χ0v) is 12.3. The molecule has 1 aromatic carbocycles. The highest BCUT2D eigenvalue weighted by Crippen LogP contribution is 2.37. The molecular formula is C15H14O8. The van der Waals surface area contributed by atoms with Crippen molar-refractivity contribution in [3.63, 3.8) is 0 Å². The van der Waals surface area contributed by atoms with Crippen LogP contribution >= 0.6 is 0 Å². The normalized spacial score (nSPS) is 11.3. The van der Waals surface area contributed by atoms with Crippen LogP contribution < -0.4 is 9.47 Å². The Labute approximate surface area is 130 Å². The molecule has 1 aromatic rings. The summed E-state index contributed by atoms with van der Waals surface area (Å²) in [6.45, 7) is 0. The van der Waals surface area contributed by atoms with E-state index in [1.54, 1.807) is 0 Å². The van der Waals surface area contributed by atoms with Gasteiger partial charge in [-0.2, -0.15) is 0 Å². The molecule has 8 nitrogen and oxygen atoms in total. The minimum absolute atomic E-state index is 0.0935.